The van der Waals surface area contributed by atoms with E-state index in [4.69, 9.17) is 47.4 Å². The van der Waals surface area contributed by atoms with E-state index in [1.54, 1.807) is 0 Å². The Labute approximate surface area is 792 Å². The Balaban J connectivity index is 1.39. The quantitative estimate of drug-likeness (QED) is 0.0208. The van der Waals surface area contributed by atoms with E-state index in [1.165, 1.54) is 257 Å². The second-order valence-corrected chi connectivity index (χ2v) is 37.8. The Kier molecular flexibility index (Phi) is 56.7. The molecule has 0 spiro atoms. The molecule has 0 saturated carbocycles. The van der Waals surface area contributed by atoms with Gasteiger partial charge in [0, 0.05) is 0 Å². The molecule has 0 aliphatic carbocycles. The minimum Gasteiger partial charge on any atom is -0.492 e. The highest BCUT2D eigenvalue weighted by atomic mass is 16.5. The van der Waals surface area contributed by atoms with Crippen molar-refractivity contribution in [3.63, 3.8) is 0 Å². The van der Waals surface area contributed by atoms with E-state index in [-0.39, 0.29) is 0 Å². The first kappa shape index (κ1) is 108. The molecule has 722 valence electrons. The van der Waals surface area contributed by atoms with Crippen molar-refractivity contribution >= 4 is 64.6 Å². The third-order valence-electron chi connectivity index (χ3n) is 26.3. The molecule has 0 unspecified atom stereocenters. The molecule has 0 aliphatic rings. The average Bonchev–Trinajstić information content (AvgIpc) is 0.730. The summed E-state index contributed by atoms with van der Waals surface area (Å²) in [6.45, 7) is 29.0. The fourth-order valence-corrected chi connectivity index (χ4v) is 18.3. The summed E-state index contributed by atoms with van der Waals surface area (Å²) in [6, 6.07) is 27.4. The molecule has 0 saturated heterocycles. The van der Waals surface area contributed by atoms with Gasteiger partial charge < -0.3 is 47.4 Å². The minimum atomic E-state index is 0.570. The molecular formula is C120H182O10. The van der Waals surface area contributed by atoms with E-state index in [9.17, 15) is 0 Å². The third kappa shape index (κ3) is 39.2. The molecule has 10 heteroatoms. The van der Waals surface area contributed by atoms with Gasteiger partial charge in [0.1, 0.15) is 11.5 Å². The maximum atomic E-state index is 7.17. The molecule has 8 aromatic carbocycles. The molecule has 0 aliphatic heterocycles. The Morgan fingerprint density at radius 3 is 0.377 bits per heavy atom. The Hall–Kier alpha value is -7.56. The zero-order chi connectivity index (χ0) is 91.7. The van der Waals surface area contributed by atoms with Crippen LogP contribution in [0.2, 0.25) is 0 Å². The summed E-state index contributed by atoms with van der Waals surface area (Å²) in [5.74, 6) is 22.2. The van der Waals surface area contributed by atoms with Gasteiger partial charge in [0.25, 0.3) is 0 Å². The molecule has 0 atom stereocenters. The zero-order valence-corrected chi connectivity index (χ0v) is 84.5. The monoisotopic (exact) mass is 1780 g/mol. The first-order valence-electron chi connectivity index (χ1n) is 54.7. The maximum absolute atomic E-state index is 7.17. The van der Waals surface area contributed by atoms with Crippen LogP contribution in [-0.4, -0.2) is 66.1 Å². The van der Waals surface area contributed by atoms with Crippen molar-refractivity contribution in [3.05, 3.63) is 83.9 Å². The largest absolute Gasteiger partial charge is 0.492 e. The summed E-state index contributed by atoms with van der Waals surface area (Å²) >= 11 is 0. The fraction of sp³-hybridized carbons (Fsp3) is 0.667. The third-order valence-corrected chi connectivity index (χ3v) is 26.3. The number of ether oxygens (including phenoxy) is 10. The van der Waals surface area contributed by atoms with Crippen LogP contribution in [0.5, 0.6) is 57.5 Å². The summed E-state index contributed by atoms with van der Waals surface area (Å²) in [5.41, 5.74) is 1.57. The normalized spacial score (nSPS) is 11.5. The zero-order valence-electron chi connectivity index (χ0n) is 84.5. The van der Waals surface area contributed by atoms with Gasteiger partial charge in [0.05, 0.1) is 77.2 Å². The number of hydrogen-bond acceptors (Lipinski definition) is 10. The minimum absolute atomic E-state index is 0.570. The molecule has 0 aromatic heterocycles. The van der Waals surface area contributed by atoms with Crippen LogP contribution >= 0.6 is 0 Å². The first-order valence-corrected chi connectivity index (χ1v) is 54.7. The van der Waals surface area contributed by atoms with E-state index in [2.05, 4.69) is 166 Å². The molecule has 10 nitrogen and oxygen atoms in total. The molecule has 0 radical (unpaired) electrons. The van der Waals surface area contributed by atoms with Crippen LogP contribution in [-0.2, 0) is 0 Å². The second-order valence-electron chi connectivity index (χ2n) is 37.8. The van der Waals surface area contributed by atoms with Crippen molar-refractivity contribution in [3.8, 4) is 81.2 Å². The summed E-state index contributed by atoms with van der Waals surface area (Å²) in [5, 5.41) is 12.8. The summed E-state index contributed by atoms with van der Waals surface area (Å²) in [4.78, 5) is 0. The first-order chi connectivity index (χ1) is 64.3. The van der Waals surface area contributed by atoms with E-state index >= 15 is 0 Å². The Morgan fingerprint density at radius 1 is 0.131 bits per heavy atom. The van der Waals surface area contributed by atoms with Gasteiger partial charge >= 0.3 is 0 Å². The van der Waals surface area contributed by atoms with Gasteiger partial charge in [0.15, 0.2) is 46.0 Å². The average molecular weight is 1780 g/mol. The van der Waals surface area contributed by atoms with Crippen LogP contribution in [0.4, 0.5) is 0 Å². The highest BCUT2D eigenvalue weighted by molar-refractivity contribution is 6.28. The molecule has 130 heavy (non-hydrogen) atoms. The van der Waals surface area contributed by atoms with E-state index in [0.717, 1.165) is 262 Å². The molecule has 0 amide bonds. The van der Waals surface area contributed by atoms with Gasteiger partial charge in [-0.15, -0.1) is 0 Å². The number of benzene rings is 8. The topological polar surface area (TPSA) is 92.3 Å². The summed E-state index contributed by atoms with van der Waals surface area (Å²) in [6.07, 6.45) is 70.6. The lowest BCUT2D eigenvalue weighted by Gasteiger charge is -2.20. The van der Waals surface area contributed by atoms with Gasteiger partial charge in [-0.2, -0.15) is 0 Å². The molecule has 0 N–H and O–H groups in total. The van der Waals surface area contributed by atoms with Crippen LogP contribution < -0.4 is 47.4 Å². The lowest BCUT2D eigenvalue weighted by molar-refractivity contribution is 0.259. The van der Waals surface area contributed by atoms with Crippen molar-refractivity contribution < 1.29 is 47.4 Å². The molecule has 0 heterocycles. The van der Waals surface area contributed by atoms with Crippen LogP contribution in [0.1, 0.15) is 466 Å². The van der Waals surface area contributed by atoms with Crippen molar-refractivity contribution in [2.75, 3.05) is 66.1 Å². The molecule has 0 fully saturated rings. The smallest absolute Gasteiger partial charge is 0.161 e. The van der Waals surface area contributed by atoms with Crippen LogP contribution in [0.3, 0.4) is 0 Å². The standard InChI is InChI=1S/C120H182O10/c1-11-21-31-41-51-63-75-121-111-87-101-99(103-89-113(123-77-65-53-43-33-23-13-3)117(127-81-69-57-47-37-27-17-7)93-107(103)109-95-119(129-83-71-59-49-39-29-19-9)115(91-105(101)109)125-79-67-55-45-35-25-15-5)85-97(111)73-61-62-74-98-86-100-102(88-112(98)122-76-64-52-42-32-22-12-2)106-92-116(126-80-68-56-46-36-26-16-6)120(130-84-72-60-50-40-30-20-10)96-110(106)108-94-118(128-82-70-58-48-38-28-18-8)114(90-104(100)108)124-78-66-54-44-34-24-14-4/h85-96H,11-60,63-72,75-84H2,1-10H3. The number of rotatable bonds is 80. The van der Waals surface area contributed by atoms with Gasteiger partial charge in [-0.05, 0) is 225 Å². The van der Waals surface area contributed by atoms with E-state index in [1.807, 2.05) is 0 Å². The summed E-state index contributed by atoms with van der Waals surface area (Å²) < 4.78 is 70.4. The maximum Gasteiger partial charge on any atom is 0.161 e. The van der Waals surface area contributed by atoms with Gasteiger partial charge in [0.2, 0.25) is 0 Å². The predicted octanol–water partition coefficient (Wildman–Crippen LogP) is 37.4. The second kappa shape index (κ2) is 68.4. The van der Waals surface area contributed by atoms with E-state index in [0.29, 0.717) is 66.1 Å². The number of fused-ring (bicyclic) bond motifs is 12. The molecule has 8 rings (SSSR count). The van der Waals surface area contributed by atoms with Crippen LogP contribution in [0.25, 0.3) is 64.6 Å². The highest BCUT2D eigenvalue weighted by Gasteiger charge is 2.24. The van der Waals surface area contributed by atoms with Crippen molar-refractivity contribution in [1.82, 2.24) is 0 Å². The van der Waals surface area contributed by atoms with Crippen LogP contribution in [0, 0.1) is 23.7 Å². The molecular weight excluding hydrogens is 1600 g/mol. The van der Waals surface area contributed by atoms with Gasteiger partial charge in [-0.1, -0.05) is 390 Å². The molecule has 0 bridgehead atoms. The highest BCUT2D eigenvalue weighted by Crippen LogP contribution is 2.49. The Morgan fingerprint density at radius 2 is 0.238 bits per heavy atom. The lowest BCUT2D eigenvalue weighted by Crippen LogP contribution is -2.04. The van der Waals surface area contributed by atoms with Gasteiger partial charge in [-0.3, -0.25) is 0 Å². The van der Waals surface area contributed by atoms with Crippen LogP contribution in [0.15, 0.2) is 72.8 Å². The van der Waals surface area contributed by atoms with Crippen molar-refractivity contribution in [1.29, 1.82) is 0 Å². The van der Waals surface area contributed by atoms with E-state index < -0.39 is 0 Å². The Bertz CT molecular complexity index is 4120. The fourth-order valence-electron chi connectivity index (χ4n) is 18.3. The van der Waals surface area contributed by atoms with Crippen molar-refractivity contribution in [2.24, 2.45) is 0 Å². The number of hydrogen-bond donors (Lipinski definition) is 0. The van der Waals surface area contributed by atoms with Crippen molar-refractivity contribution in [2.45, 2.75) is 454 Å². The lowest BCUT2D eigenvalue weighted by atomic mass is 9.92. The van der Waals surface area contributed by atoms with Gasteiger partial charge in [-0.25, -0.2) is 0 Å². The SMILES string of the molecule is CCCCCCCCOc1cc2c(cc1C#CC#Cc1cc3c(cc1OCCCCCCCC)c1cc(OCCCCCCCC)c(OCCCCCCCC)cc1c1cc(OCCCCCCCC)c(OCCCCCCCC)cc31)c1cc(OCCCCCCCC)c(OCCCCCCCC)cc1c1cc(OCCCCCCCC)c(OCCCCCCCC)cc21. The molecule has 8 aromatic rings. The summed E-state index contributed by atoms with van der Waals surface area (Å²) in [7, 11) is 0. The number of unbranched alkanes of at least 4 members (excludes halogenated alkanes) is 50. The predicted molar refractivity (Wildman–Crippen MR) is 560 cm³/mol.